The molecule has 2 aromatic rings. The van der Waals surface area contributed by atoms with Crippen molar-refractivity contribution in [3.8, 4) is 10.8 Å². The maximum atomic E-state index is 12.8. The summed E-state index contributed by atoms with van der Waals surface area (Å²) in [5.74, 6) is -1.54. The summed E-state index contributed by atoms with van der Waals surface area (Å²) in [5, 5.41) is 0. The zero-order valence-corrected chi connectivity index (χ0v) is 11.0. The predicted octanol–water partition coefficient (Wildman–Crippen LogP) is 3.22. The van der Waals surface area contributed by atoms with Crippen molar-refractivity contribution in [2.24, 2.45) is 0 Å². The van der Waals surface area contributed by atoms with E-state index >= 15 is 0 Å². The summed E-state index contributed by atoms with van der Waals surface area (Å²) in [6, 6.07) is 0. The van der Waals surface area contributed by atoms with Gasteiger partial charge in [-0.2, -0.15) is 0 Å². The van der Waals surface area contributed by atoms with Gasteiger partial charge in [-0.3, -0.25) is 0 Å². The minimum atomic E-state index is -2.91. The highest BCUT2D eigenvalue weighted by molar-refractivity contribution is 7.13. The average Bonchev–Trinajstić information content (AvgIpc) is 2.94. The molecule has 0 atom stereocenters. The SMILES string of the molecule is CCOC(=O)c1oc(-c2scnc2C)nc1C(F)F. The van der Waals surface area contributed by atoms with Crippen LogP contribution in [0.4, 0.5) is 8.78 Å². The highest BCUT2D eigenvalue weighted by atomic mass is 32.1. The van der Waals surface area contributed by atoms with Gasteiger partial charge < -0.3 is 9.15 Å². The van der Waals surface area contributed by atoms with E-state index in [1.54, 1.807) is 19.4 Å². The Labute approximate surface area is 111 Å². The molecule has 0 N–H and O–H groups in total. The van der Waals surface area contributed by atoms with E-state index in [1.807, 2.05) is 0 Å². The van der Waals surface area contributed by atoms with Crippen molar-refractivity contribution in [3.63, 3.8) is 0 Å². The molecule has 2 heterocycles. The quantitative estimate of drug-likeness (QED) is 0.808. The molecule has 0 spiro atoms. The molecule has 0 aliphatic rings. The van der Waals surface area contributed by atoms with Crippen LogP contribution in [0.2, 0.25) is 0 Å². The number of alkyl halides is 2. The number of rotatable bonds is 4. The molecule has 0 radical (unpaired) electrons. The highest BCUT2D eigenvalue weighted by Gasteiger charge is 2.28. The van der Waals surface area contributed by atoms with Gasteiger partial charge >= 0.3 is 5.97 Å². The van der Waals surface area contributed by atoms with Gasteiger partial charge in [0.2, 0.25) is 11.7 Å². The Balaban J connectivity index is 2.46. The molecular weight excluding hydrogens is 278 g/mol. The molecule has 0 saturated carbocycles. The lowest BCUT2D eigenvalue weighted by Gasteiger charge is -1.99. The highest BCUT2D eigenvalue weighted by Crippen LogP contribution is 2.32. The van der Waals surface area contributed by atoms with Crippen LogP contribution in [-0.2, 0) is 4.74 Å². The summed E-state index contributed by atoms with van der Waals surface area (Å²) < 4.78 is 35.5. The number of hydrogen-bond acceptors (Lipinski definition) is 6. The Bertz CT molecular complexity index is 595. The van der Waals surface area contributed by atoms with Gasteiger partial charge in [0.1, 0.15) is 4.88 Å². The third kappa shape index (κ3) is 2.62. The molecule has 2 aromatic heterocycles. The summed E-state index contributed by atoms with van der Waals surface area (Å²) >= 11 is 1.20. The molecule has 0 aliphatic heterocycles. The van der Waals surface area contributed by atoms with Crippen LogP contribution in [0.1, 0.15) is 35.3 Å². The van der Waals surface area contributed by atoms with E-state index in [2.05, 4.69) is 14.7 Å². The zero-order valence-electron chi connectivity index (χ0n) is 10.1. The Morgan fingerprint density at radius 1 is 1.58 bits per heavy atom. The summed E-state index contributed by atoms with van der Waals surface area (Å²) in [4.78, 5) is 19.7. The molecule has 5 nitrogen and oxygen atoms in total. The summed E-state index contributed by atoms with van der Waals surface area (Å²) in [6.07, 6.45) is -2.91. The molecule has 0 bridgehead atoms. The fraction of sp³-hybridized carbons (Fsp3) is 0.364. The molecule has 0 saturated heterocycles. The van der Waals surface area contributed by atoms with Crippen molar-refractivity contribution in [1.82, 2.24) is 9.97 Å². The van der Waals surface area contributed by atoms with E-state index in [9.17, 15) is 13.6 Å². The van der Waals surface area contributed by atoms with Crippen molar-refractivity contribution in [2.75, 3.05) is 6.61 Å². The van der Waals surface area contributed by atoms with E-state index in [4.69, 9.17) is 4.42 Å². The topological polar surface area (TPSA) is 65.2 Å². The first-order valence-electron chi connectivity index (χ1n) is 5.41. The fourth-order valence-electron chi connectivity index (χ4n) is 1.43. The lowest BCUT2D eigenvalue weighted by molar-refractivity contribution is 0.0476. The van der Waals surface area contributed by atoms with Gasteiger partial charge in [0.15, 0.2) is 5.69 Å². The van der Waals surface area contributed by atoms with Gasteiger partial charge in [0.05, 0.1) is 17.8 Å². The predicted molar refractivity (Wildman–Crippen MR) is 63.3 cm³/mol. The van der Waals surface area contributed by atoms with Crippen LogP contribution in [0.25, 0.3) is 10.8 Å². The number of hydrogen-bond donors (Lipinski definition) is 0. The third-order valence-electron chi connectivity index (χ3n) is 2.26. The fourth-order valence-corrected chi connectivity index (χ4v) is 2.15. The molecular formula is C11H10F2N2O3S. The van der Waals surface area contributed by atoms with Crippen molar-refractivity contribution < 1.29 is 22.7 Å². The first kappa shape index (κ1) is 13.6. The summed E-state index contributed by atoms with van der Waals surface area (Å²) in [5.41, 5.74) is 1.43. The minimum Gasteiger partial charge on any atom is -0.460 e. The number of carbonyl (C=O) groups is 1. The van der Waals surface area contributed by atoms with Gasteiger partial charge in [-0.15, -0.1) is 11.3 Å². The number of oxazole rings is 1. The maximum Gasteiger partial charge on any atom is 0.376 e. The van der Waals surface area contributed by atoms with E-state index in [0.717, 1.165) is 0 Å². The van der Waals surface area contributed by atoms with Gasteiger partial charge in [-0.1, -0.05) is 0 Å². The molecule has 19 heavy (non-hydrogen) atoms. The van der Waals surface area contributed by atoms with Crippen LogP contribution >= 0.6 is 11.3 Å². The van der Waals surface area contributed by atoms with E-state index < -0.39 is 23.8 Å². The standard InChI is InChI=1S/C11H10F2N2O3S/c1-3-17-11(16)7-6(9(12)13)15-10(18-7)8-5(2)14-4-19-8/h4,9H,3H2,1-2H3. The lowest BCUT2D eigenvalue weighted by atomic mass is 10.3. The molecule has 102 valence electrons. The van der Waals surface area contributed by atoms with E-state index in [-0.39, 0.29) is 12.5 Å². The van der Waals surface area contributed by atoms with Crippen molar-refractivity contribution in [3.05, 3.63) is 22.7 Å². The van der Waals surface area contributed by atoms with Gasteiger partial charge in [0, 0.05) is 0 Å². The number of aromatic nitrogens is 2. The van der Waals surface area contributed by atoms with Crippen molar-refractivity contribution >= 4 is 17.3 Å². The van der Waals surface area contributed by atoms with Crippen LogP contribution in [0, 0.1) is 6.92 Å². The van der Waals surface area contributed by atoms with E-state index in [1.165, 1.54) is 11.3 Å². The van der Waals surface area contributed by atoms with E-state index in [0.29, 0.717) is 10.6 Å². The molecule has 0 fully saturated rings. The largest absolute Gasteiger partial charge is 0.460 e. The second-order valence-corrected chi connectivity index (χ2v) is 4.38. The molecule has 0 unspecified atom stereocenters. The third-order valence-corrected chi connectivity index (χ3v) is 3.18. The summed E-state index contributed by atoms with van der Waals surface area (Å²) in [6.45, 7) is 3.34. The van der Waals surface area contributed by atoms with Crippen LogP contribution in [0.3, 0.4) is 0 Å². The van der Waals surface area contributed by atoms with Gasteiger partial charge in [-0.25, -0.2) is 23.5 Å². The molecule has 0 amide bonds. The first-order valence-corrected chi connectivity index (χ1v) is 6.29. The summed E-state index contributed by atoms with van der Waals surface area (Å²) in [7, 11) is 0. The zero-order chi connectivity index (χ0) is 14.0. The van der Waals surface area contributed by atoms with Gasteiger partial charge in [0.25, 0.3) is 6.43 Å². The van der Waals surface area contributed by atoms with Crippen LogP contribution in [0.5, 0.6) is 0 Å². The Morgan fingerprint density at radius 3 is 2.84 bits per heavy atom. The van der Waals surface area contributed by atoms with Crippen LogP contribution in [0.15, 0.2) is 9.93 Å². The van der Waals surface area contributed by atoms with Crippen LogP contribution in [-0.4, -0.2) is 22.5 Å². The number of thiazole rings is 1. The van der Waals surface area contributed by atoms with Gasteiger partial charge in [-0.05, 0) is 13.8 Å². The lowest BCUT2D eigenvalue weighted by Crippen LogP contribution is -2.06. The monoisotopic (exact) mass is 288 g/mol. The number of halogens is 2. The average molecular weight is 288 g/mol. The number of ether oxygens (including phenoxy) is 1. The normalized spacial score (nSPS) is 11.0. The van der Waals surface area contributed by atoms with Crippen molar-refractivity contribution in [1.29, 1.82) is 0 Å². The number of carbonyl (C=O) groups excluding carboxylic acids is 1. The Hall–Kier alpha value is -1.83. The smallest absolute Gasteiger partial charge is 0.376 e. The number of aryl methyl sites for hydroxylation is 1. The van der Waals surface area contributed by atoms with Crippen LogP contribution < -0.4 is 0 Å². The maximum absolute atomic E-state index is 12.8. The molecule has 0 aromatic carbocycles. The minimum absolute atomic E-state index is 0.0432. The molecule has 2 rings (SSSR count). The number of esters is 1. The number of nitrogens with zero attached hydrogens (tertiary/aromatic N) is 2. The van der Waals surface area contributed by atoms with Crippen molar-refractivity contribution in [2.45, 2.75) is 20.3 Å². The Morgan fingerprint density at radius 2 is 2.32 bits per heavy atom. The Kier molecular flexibility index (Phi) is 3.89. The first-order chi connectivity index (χ1) is 9.04. The molecule has 8 heteroatoms. The second kappa shape index (κ2) is 5.43. The molecule has 0 aliphatic carbocycles. The second-order valence-electron chi connectivity index (χ2n) is 3.52.